The van der Waals surface area contributed by atoms with Crippen molar-refractivity contribution in [1.82, 2.24) is 25.8 Å². The van der Waals surface area contributed by atoms with E-state index >= 15 is 0 Å². The maximum atomic E-state index is 12.4. The fourth-order valence-corrected chi connectivity index (χ4v) is 3.13. The minimum absolute atomic E-state index is 0.0897. The summed E-state index contributed by atoms with van der Waals surface area (Å²) in [6.07, 6.45) is 3.60. The number of hydrogen-bond donors (Lipinski definition) is 3. The lowest BCUT2D eigenvalue weighted by molar-refractivity contribution is 0.0906. The standard InChI is InChI=1S/C23H26N6O3/c1-4-16(5-2)26-22(31)20-13-25-23(32-20)15-9-7-8-14(10-15)18-11-19(29-28-18)21(30)27-17(6-3)12-24/h7-11,13,16-17H,4-6H2,1-3H3,(H,26,31)(H,27,30)(H,28,29)/t17-/m0/s1. The van der Waals surface area contributed by atoms with Crippen LogP contribution in [0.4, 0.5) is 0 Å². The first-order chi connectivity index (χ1) is 15.5. The van der Waals surface area contributed by atoms with Gasteiger partial charge in [-0.1, -0.05) is 32.9 Å². The largest absolute Gasteiger partial charge is 0.431 e. The maximum Gasteiger partial charge on any atom is 0.288 e. The molecule has 3 aromatic rings. The van der Waals surface area contributed by atoms with Gasteiger partial charge in [0.25, 0.3) is 11.8 Å². The Balaban J connectivity index is 1.76. The summed E-state index contributed by atoms with van der Waals surface area (Å²) in [5.74, 6) is -0.238. The molecular weight excluding hydrogens is 408 g/mol. The summed E-state index contributed by atoms with van der Waals surface area (Å²) in [6, 6.07) is 10.5. The number of aromatic amines is 1. The molecule has 2 amide bonds. The van der Waals surface area contributed by atoms with Gasteiger partial charge in [-0.3, -0.25) is 14.7 Å². The SMILES string of the molecule is CCC(CC)NC(=O)c1cnc(-c2cccc(-c3cc(C(=O)N[C@H](C#N)CC)n[nH]3)c2)o1. The van der Waals surface area contributed by atoms with E-state index in [-0.39, 0.29) is 23.4 Å². The first-order valence-corrected chi connectivity index (χ1v) is 10.6. The zero-order valence-corrected chi connectivity index (χ0v) is 18.3. The van der Waals surface area contributed by atoms with Crippen LogP contribution >= 0.6 is 0 Å². The third kappa shape index (κ3) is 5.21. The lowest BCUT2D eigenvalue weighted by atomic mass is 10.1. The van der Waals surface area contributed by atoms with Crippen molar-refractivity contribution < 1.29 is 14.0 Å². The molecule has 0 bridgehead atoms. The molecule has 3 rings (SSSR count). The van der Waals surface area contributed by atoms with Crippen molar-refractivity contribution in [2.45, 2.75) is 52.1 Å². The number of H-pyrrole nitrogens is 1. The van der Waals surface area contributed by atoms with Crippen molar-refractivity contribution in [1.29, 1.82) is 5.26 Å². The highest BCUT2D eigenvalue weighted by molar-refractivity contribution is 5.94. The summed E-state index contributed by atoms with van der Waals surface area (Å²) in [5.41, 5.74) is 2.26. The Morgan fingerprint density at radius 2 is 1.84 bits per heavy atom. The number of amides is 2. The van der Waals surface area contributed by atoms with Crippen LogP contribution in [0, 0.1) is 11.3 Å². The number of aromatic nitrogens is 3. The number of rotatable bonds is 9. The van der Waals surface area contributed by atoms with Gasteiger partial charge >= 0.3 is 0 Å². The Morgan fingerprint density at radius 1 is 1.09 bits per heavy atom. The quantitative estimate of drug-likeness (QED) is 0.470. The van der Waals surface area contributed by atoms with Gasteiger partial charge in [0.2, 0.25) is 11.7 Å². The Hall–Kier alpha value is -3.93. The number of carbonyl (C=O) groups excluding carboxylic acids is 2. The summed E-state index contributed by atoms with van der Waals surface area (Å²) in [6.45, 7) is 5.85. The van der Waals surface area contributed by atoms with Crippen LogP contribution in [-0.4, -0.2) is 39.1 Å². The fourth-order valence-electron chi connectivity index (χ4n) is 3.13. The lowest BCUT2D eigenvalue weighted by Gasteiger charge is -2.12. The minimum Gasteiger partial charge on any atom is -0.431 e. The summed E-state index contributed by atoms with van der Waals surface area (Å²) in [7, 11) is 0. The van der Waals surface area contributed by atoms with Gasteiger partial charge in [-0.15, -0.1) is 0 Å². The summed E-state index contributed by atoms with van der Waals surface area (Å²) in [4.78, 5) is 28.9. The van der Waals surface area contributed by atoms with Gasteiger partial charge in [-0.2, -0.15) is 10.4 Å². The molecule has 0 radical (unpaired) electrons. The van der Waals surface area contributed by atoms with Crippen molar-refractivity contribution in [2.24, 2.45) is 0 Å². The number of nitrogens with zero attached hydrogens (tertiary/aromatic N) is 3. The molecule has 9 nitrogen and oxygen atoms in total. The van der Waals surface area contributed by atoms with Gasteiger partial charge in [-0.25, -0.2) is 4.98 Å². The monoisotopic (exact) mass is 434 g/mol. The first kappa shape index (κ1) is 22.7. The van der Waals surface area contributed by atoms with Crippen LogP contribution in [0.3, 0.4) is 0 Å². The molecule has 2 heterocycles. The van der Waals surface area contributed by atoms with E-state index < -0.39 is 11.9 Å². The van der Waals surface area contributed by atoms with Crippen molar-refractivity contribution in [3.8, 4) is 28.8 Å². The molecule has 0 saturated carbocycles. The lowest BCUT2D eigenvalue weighted by Crippen LogP contribution is -2.33. The predicted molar refractivity (Wildman–Crippen MR) is 119 cm³/mol. The zero-order valence-electron chi connectivity index (χ0n) is 18.3. The molecule has 2 aromatic heterocycles. The number of benzene rings is 1. The topological polar surface area (TPSA) is 137 Å². The summed E-state index contributed by atoms with van der Waals surface area (Å²) in [5, 5.41) is 21.5. The van der Waals surface area contributed by atoms with Crippen LogP contribution in [0.5, 0.6) is 0 Å². The third-order valence-corrected chi connectivity index (χ3v) is 5.15. The molecule has 0 unspecified atom stereocenters. The molecular formula is C23H26N6O3. The van der Waals surface area contributed by atoms with Crippen LogP contribution in [0.15, 0.2) is 40.9 Å². The van der Waals surface area contributed by atoms with E-state index in [0.29, 0.717) is 23.6 Å². The molecule has 0 spiro atoms. The second-order valence-electron chi connectivity index (χ2n) is 7.33. The van der Waals surface area contributed by atoms with Crippen LogP contribution in [0.1, 0.15) is 61.1 Å². The first-order valence-electron chi connectivity index (χ1n) is 10.6. The average Bonchev–Trinajstić information content (AvgIpc) is 3.51. The van der Waals surface area contributed by atoms with Gasteiger partial charge in [0.05, 0.1) is 18.0 Å². The normalized spacial score (nSPS) is 11.7. The summed E-state index contributed by atoms with van der Waals surface area (Å²) < 4.78 is 5.68. The highest BCUT2D eigenvalue weighted by atomic mass is 16.4. The predicted octanol–water partition coefficient (Wildman–Crippen LogP) is 3.68. The van der Waals surface area contributed by atoms with Crippen molar-refractivity contribution in [3.05, 3.63) is 48.0 Å². The van der Waals surface area contributed by atoms with E-state index in [1.807, 2.05) is 51.1 Å². The fraction of sp³-hybridized carbons (Fsp3) is 0.348. The Morgan fingerprint density at radius 3 is 2.53 bits per heavy atom. The molecule has 0 aliphatic heterocycles. The van der Waals surface area contributed by atoms with E-state index in [4.69, 9.17) is 9.68 Å². The number of nitriles is 1. The smallest absolute Gasteiger partial charge is 0.288 e. The van der Waals surface area contributed by atoms with Crippen molar-refractivity contribution >= 4 is 11.8 Å². The Bertz CT molecular complexity index is 1120. The van der Waals surface area contributed by atoms with Crippen LogP contribution in [0.25, 0.3) is 22.7 Å². The third-order valence-electron chi connectivity index (χ3n) is 5.15. The summed E-state index contributed by atoms with van der Waals surface area (Å²) >= 11 is 0. The average molecular weight is 435 g/mol. The van der Waals surface area contributed by atoms with Crippen LogP contribution in [0.2, 0.25) is 0 Å². The van der Waals surface area contributed by atoms with E-state index in [1.165, 1.54) is 6.20 Å². The van der Waals surface area contributed by atoms with Crippen molar-refractivity contribution in [2.75, 3.05) is 0 Å². The van der Waals surface area contributed by atoms with E-state index in [2.05, 4.69) is 25.8 Å². The van der Waals surface area contributed by atoms with Gasteiger partial charge < -0.3 is 15.1 Å². The molecule has 0 fully saturated rings. The van der Waals surface area contributed by atoms with Gasteiger partial charge in [0.1, 0.15) is 6.04 Å². The molecule has 1 aromatic carbocycles. The minimum atomic E-state index is -0.563. The molecule has 0 aliphatic carbocycles. The molecule has 0 aliphatic rings. The second kappa shape index (κ2) is 10.4. The number of nitrogens with one attached hydrogen (secondary N) is 3. The van der Waals surface area contributed by atoms with E-state index in [0.717, 1.165) is 18.4 Å². The van der Waals surface area contributed by atoms with E-state index in [9.17, 15) is 9.59 Å². The van der Waals surface area contributed by atoms with Crippen LogP contribution in [-0.2, 0) is 0 Å². The Labute approximate surface area is 186 Å². The zero-order chi connectivity index (χ0) is 23.1. The van der Waals surface area contributed by atoms with Crippen LogP contribution < -0.4 is 10.6 Å². The maximum absolute atomic E-state index is 12.4. The highest BCUT2D eigenvalue weighted by Crippen LogP contribution is 2.25. The molecule has 3 N–H and O–H groups in total. The number of oxazole rings is 1. The van der Waals surface area contributed by atoms with Gasteiger partial charge in [0.15, 0.2) is 5.69 Å². The highest BCUT2D eigenvalue weighted by Gasteiger charge is 2.18. The van der Waals surface area contributed by atoms with Crippen molar-refractivity contribution in [3.63, 3.8) is 0 Å². The van der Waals surface area contributed by atoms with E-state index in [1.54, 1.807) is 6.07 Å². The molecule has 1 atom stereocenters. The Kier molecular flexibility index (Phi) is 7.39. The number of hydrogen-bond acceptors (Lipinski definition) is 6. The van der Waals surface area contributed by atoms with Gasteiger partial charge in [-0.05, 0) is 37.5 Å². The molecule has 166 valence electrons. The molecule has 9 heteroatoms. The van der Waals surface area contributed by atoms with Gasteiger partial charge in [0, 0.05) is 17.2 Å². The molecule has 0 saturated heterocycles. The second-order valence-corrected chi connectivity index (χ2v) is 7.33. The molecule has 32 heavy (non-hydrogen) atoms. The number of carbonyl (C=O) groups is 2.